The molecular formula is C14H12ClNO4S. The number of nitrogens with zero attached hydrogens (tertiary/aromatic N) is 1. The lowest BCUT2D eigenvalue weighted by molar-refractivity contribution is -2.00. The third-order valence-electron chi connectivity index (χ3n) is 2.71. The summed E-state index contributed by atoms with van der Waals surface area (Å²) >= 11 is 1.82. The van der Waals surface area contributed by atoms with Crippen LogP contribution in [0.2, 0.25) is 0 Å². The summed E-state index contributed by atoms with van der Waals surface area (Å²) < 4.78 is 36.2. The third kappa shape index (κ3) is 4.82. The van der Waals surface area contributed by atoms with E-state index in [4.69, 9.17) is 18.6 Å². The van der Waals surface area contributed by atoms with Gasteiger partial charge in [-0.1, -0.05) is 18.2 Å². The van der Waals surface area contributed by atoms with E-state index in [0.29, 0.717) is 0 Å². The molecule has 0 bridgehead atoms. The first kappa shape index (κ1) is 16.0. The molecule has 0 spiro atoms. The summed E-state index contributed by atoms with van der Waals surface area (Å²) in [6.07, 6.45) is 4.28. The number of hydrogen-bond donors (Lipinski definition) is 0. The van der Waals surface area contributed by atoms with Crippen molar-refractivity contribution in [1.82, 2.24) is 0 Å². The van der Waals surface area contributed by atoms with Crippen LogP contribution in [0.15, 0.2) is 58.6 Å². The number of fused-ring (bicyclic) bond motifs is 2. The normalized spacial score (nSPS) is 13.1. The van der Waals surface area contributed by atoms with Crippen LogP contribution < -0.4 is 23.2 Å². The SMILES string of the molecule is CC1=C[n+]2ccccc2Sc2ccccc21.[O-][Cl+3]([O-])([O-])[O-]. The van der Waals surface area contributed by atoms with Crippen LogP contribution in [0.3, 0.4) is 0 Å². The molecule has 0 radical (unpaired) electrons. The van der Waals surface area contributed by atoms with E-state index < -0.39 is 10.2 Å². The first-order valence-electron chi connectivity index (χ1n) is 5.92. The molecule has 7 heteroatoms. The highest BCUT2D eigenvalue weighted by Crippen LogP contribution is 2.34. The van der Waals surface area contributed by atoms with Crippen molar-refractivity contribution in [1.29, 1.82) is 0 Å². The fraction of sp³-hybridized carbons (Fsp3) is 0.0714. The summed E-state index contributed by atoms with van der Waals surface area (Å²) in [6.45, 7) is 2.16. The summed E-state index contributed by atoms with van der Waals surface area (Å²) in [6, 6.07) is 14.8. The topological polar surface area (TPSA) is 96.1 Å². The van der Waals surface area contributed by atoms with Gasteiger partial charge < -0.3 is 0 Å². The first-order valence-corrected chi connectivity index (χ1v) is 7.97. The Labute approximate surface area is 128 Å². The second-order valence-electron chi connectivity index (χ2n) is 4.23. The molecule has 0 amide bonds. The lowest BCUT2D eigenvalue weighted by Gasteiger charge is -2.17. The van der Waals surface area contributed by atoms with E-state index in [1.54, 1.807) is 0 Å². The van der Waals surface area contributed by atoms with Gasteiger partial charge in [-0.15, -0.1) is 10.2 Å². The van der Waals surface area contributed by atoms with Crippen LogP contribution in [-0.4, -0.2) is 0 Å². The van der Waals surface area contributed by atoms with Gasteiger partial charge in [0, 0.05) is 22.6 Å². The van der Waals surface area contributed by atoms with Crippen molar-refractivity contribution in [2.24, 2.45) is 0 Å². The maximum Gasteiger partial charge on any atom is 0.250 e. The van der Waals surface area contributed by atoms with Gasteiger partial charge in [-0.25, -0.2) is 18.6 Å². The van der Waals surface area contributed by atoms with Crippen LogP contribution in [0, 0.1) is 10.2 Å². The van der Waals surface area contributed by atoms with E-state index in [1.165, 1.54) is 21.1 Å². The fourth-order valence-corrected chi connectivity index (χ4v) is 2.98. The quantitative estimate of drug-likeness (QED) is 0.561. The summed E-state index contributed by atoms with van der Waals surface area (Å²) in [7, 11) is -4.94. The standard InChI is InChI=1S/C14H12NS.ClHO4/c1-11-10-15-9-5-4-8-14(15)16-13-7-3-2-6-12(11)13;2-1(3,4)5/h2-10H,1H3;(H,2,3,4,5)/q+1;/p-1. The number of hydrogen-bond acceptors (Lipinski definition) is 5. The molecule has 0 unspecified atom stereocenters. The van der Waals surface area contributed by atoms with Gasteiger partial charge in [0.2, 0.25) is 5.03 Å². The zero-order valence-corrected chi connectivity index (χ0v) is 12.6. The van der Waals surface area contributed by atoms with E-state index in [0.717, 1.165) is 0 Å². The number of benzene rings is 1. The Morgan fingerprint density at radius 1 is 0.952 bits per heavy atom. The van der Waals surface area contributed by atoms with E-state index in [9.17, 15) is 0 Å². The predicted molar refractivity (Wildman–Crippen MR) is 67.0 cm³/mol. The Balaban J connectivity index is 0.000000282. The summed E-state index contributed by atoms with van der Waals surface area (Å²) in [5, 5.41) is 1.26. The van der Waals surface area contributed by atoms with Crippen molar-refractivity contribution >= 4 is 23.5 Å². The Kier molecular flexibility index (Phi) is 5.00. The zero-order valence-electron chi connectivity index (χ0n) is 11.1. The van der Waals surface area contributed by atoms with Crippen LogP contribution in [-0.2, 0) is 0 Å². The van der Waals surface area contributed by atoms with E-state index >= 15 is 0 Å². The van der Waals surface area contributed by atoms with Gasteiger partial charge in [0.1, 0.15) is 0 Å². The Morgan fingerprint density at radius 2 is 1.57 bits per heavy atom. The molecule has 0 atom stereocenters. The smallest absolute Gasteiger partial charge is 0.222 e. The lowest BCUT2D eigenvalue weighted by atomic mass is 10.1. The van der Waals surface area contributed by atoms with Crippen molar-refractivity contribution < 1.29 is 33.4 Å². The fourth-order valence-electron chi connectivity index (χ4n) is 1.91. The van der Waals surface area contributed by atoms with E-state index in [2.05, 4.69) is 66.4 Å². The molecule has 1 aliphatic heterocycles. The molecule has 3 rings (SSSR count). The minimum absolute atomic E-state index is 1.26. The molecule has 21 heavy (non-hydrogen) atoms. The minimum atomic E-state index is -4.94. The molecule has 0 N–H and O–H groups in total. The highest BCUT2D eigenvalue weighted by Gasteiger charge is 2.17. The summed E-state index contributed by atoms with van der Waals surface area (Å²) in [5.74, 6) is 0. The molecule has 1 aliphatic rings. The molecule has 2 aromatic rings. The van der Waals surface area contributed by atoms with E-state index in [1.807, 2.05) is 11.8 Å². The van der Waals surface area contributed by atoms with Gasteiger partial charge in [0.05, 0.1) is 0 Å². The second-order valence-corrected chi connectivity index (χ2v) is 6.05. The highest BCUT2D eigenvalue weighted by atomic mass is 35.7. The van der Waals surface area contributed by atoms with Crippen molar-refractivity contribution in [3.8, 4) is 0 Å². The average molecular weight is 326 g/mol. The molecule has 0 saturated heterocycles. The molecule has 0 fully saturated rings. The number of halogens is 1. The Bertz CT molecular complexity index is 664. The Morgan fingerprint density at radius 3 is 2.29 bits per heavy atom. The molecule has 110 valence electrons. The van der Waals surface area contributed by atoms with E-state index in [-0.39, 0.29) is 0 Å². The largest absolute Gasteiger partial charge is 0.250 e. The van der Waals surface area contributed by atoms with Crippen molar-refractivity contribution in [3.63, 3.8) is 0 Å². The maximum absolute atomic E-state index is 8.49. The first-order chi connectivity index (χ1) is 9.84. The van der Waals surface area contributed by atoms with Gasteiger partial charge in [0.15, 0.2) is 12.4 Å². The Hall–Kier alpha value is -1.41. The van der Waals surface area contributed by atoms with Crippen LogP contribution >= 0.6 is 11.8 Å². The molecule has 1 aromatic heterocycles. The molecule has 5 nitrogen and oxygen atoms in total. The maximum atomic E-state index is 8.49. The molecule has 1 aromatic carbocycles. The number of rotatable bonds is 0. The average Bonchev–Trinajstić information content (AvgIpc) is 2.53. The predicted octanol–water partition coefficient (Wildman–Crippen LogP) is -1.30. The second kappa shape index (κ2) is 6.57. The molecular weight excluding hydrogens is 314 g/mol. The van der Waals surface area contributed by atoms with Crippen LogP contribution in [0.4, 0.5) is 0 Å². The van der Waals surface area contributed by atoms with Gasteiger partial charge >= 0.3 is 0 Å². The summed E-state index contributed by atoms with van der Waals surface area (Å²) in [5.41, 5.74) is 2.63. The number of pyridine rings is 1. The van der Waals surface area contributed by atoms with Gasteiger partial charge in [-0.2, -0.15) is 4.57 Å². The van der Waals surface area contributed by atoms with Crippen LogP contribution in [0.25, 0.3) is 11.8 Å². The van der Waals surface area contributed by atoms with Crippen molar-refractivity contribution in [2.45, 2.75) is 16.8 Å². The number of allylic oxidation sites excluding steroid dienone is 1. The van der Waals surface area contributed by atoms with Gasteiger partial charge in [-0.05, 0) is 36.4 Å². The van der Waals surface area contributed by atoms with Crippen molar-refractivity contribution in [3.05, 3.63) is 54.2 Å². The highest BCUT2D eigenvalue weighted by molar-refractivity contribution is 7.99. The third-order valence-corrected chi connectivity index (χ3v) is 3.84. The number of aromatic nitrogens is 1. The minimum Gasteiger partial charge on any atom is -0.222 e. The van der Waals surface area contributed by atoms with Crippen LogP contribution in [0.1, 0.15) is 12.5 Å². The van der Waals surface area contributed by atoms with Crippen molar-refractivity contribution in [2.75, 3.05) is 0 Å². The van der Waals surface area contributed by atoms with Gasteiger partial charge in [0.25, 0.3) is 0 Å². The lowest BCUT2D eigenvalue weighted by Crippen LogP contribution is -2.68. The molecule has 2 heterocycles. The molecule has 0 saturated carbocycles. The summed E-state index contributed by atoms with van der Waals surface area (Å²) in [4.78, 5) is 1.33. The van der Waals surface area contributed by atoms with Gasteiger partial charge in [-0.3, -0.25) is 0 Å². The van der Waals surface area contributed by atoms with Crippen LogP contribution in [0.5, 0.6) is 0 Å². The zero-order chi connectivity index (χ0) is 15.5. The molecule has 0 aliphatic carbocycles. The monoisotopic (exact) mass is 325 g/mol.